The molecule has 1 heterocycles. The zero-order valence-electron chi connectivity index (χ0n) is 12.8. The Bertz CT molecular complexity index is 1150. The van der Waals surface area contributed by atoms with Gasteiger partial charge in [-0.15, -0.1) is 0 Å². The lowest BCUT2D eigenvalue weighted by Crippen LogP contribution is -2.29. The molecule has 5 nitrogen and oxygen atoms in total. The van der Waals surface area contributed by atoms with Gasteiger partial charge in [0.2, 0.25) is 0 Å². The molecule has 3 aromatic rings. The summed E-state index contributed by atoms with van der Waals surface area (Å²) >= 11 is 6.11. The monoisotopic (exact) mass is 361 g/mol. The molecule has 0 fully saturated rings. The van der Waals surface area contributed by atoms with Crippen LogP contribution in [0, 0.1) is 6.57 Å². The molecule has 0 saturated heterocycles. The molecule has 0 atom stereocenters. The number of hydrogen-bond acceptors (Lipinski definition) is 2. The number of halogens is 3. The second-order valence-electron chi connectivity index (χ2n) is 5.43. The number of nitrogens with zero attached hydrogens (tertiary/aromatic N) is 2. The van der Waals surface area contributed by atoms with E-state index in [9.17, 15) is 18.4 Å². The largest absolute Gasteiger partial charge is 0.333 e. The van der Waals surface area contributed by atoms with E-state index in [1.807, 2.05) is 0 Å². The standard InChI is InChI=1S/C17H10ClF2N3O2/c1-17(19,20)10-8-14-9(7-12(10)21-2)15(24)22-16(25)23(14)13-6-4-3-5-11(13)18/h3-8H,1H3,(H,22,24,25). The third-order valence-electron chi connectivity index (χ3n) is 3.71. The van der Waals surface area contributed by atoms with E-state index in [1.165, 1.54) is 12.1 Å². The average Bonchev–Trinajstić information content (AvgIpc) is 2.54. The van der Waals surface area contributed by atoms with Crippen molar-refractivity contribution in [1.82, 2.24) is 9.55 Å². The number of para-hydroxylation sites is 1. The van der Waals surface area contributed by atoms with Gasteiger partial charge in [-0.2, -0.15) is 0 Å². The van der Waals surface area contributed by atoms with Gasteiger partial charge in [0.1, 0.15) is 0 Å². The molecule has 126 valence electrons. The predicted octanol–water partition coefficient (Wildman–Crippen LogP) is 3.99. The van der Waals surface area contributed by atoms with Gasteiger partial charge in [0.15, 0.2) is 5.69 Å². The van der Waals surface area contributed by atoms with Crippen LogP contribution in [0.5, 0.6) is 0 Å². The summed E-state index contributed by atoms with van der Waals surface area (Å²) in [5.41, 5.74) is -2.32. The molecule has 8 heteroatoms. The normalized spacial score (nSPS) is 11.5. The fraction of sp³-hybridized carbons (Fsp3) is 0.118. The van der Waals surface area contributed by atoms with E-state index in [2.05, 4.69) is 9.83 Å². The Hall–Kier alpha value is -2.98. The maximum absolute atomic E-state index is 13.9. The lowest BCUT2D eigenvalue weighted by atomic mass is 10.0. The maximum atomic E-state index is 13.9. The highest BCUT2D eigenvalue weighted by atomic mass is 35.5. The first kappa shape index (κ1) is 16.9. The van der Waals surface area contributed by atoms with Crippen LogP contribution >= 0.6 is 11.6 Å². The molecule has 0 spiro atoms. The minimum atomic E-state index is -3.32. The van der Waals surface area contributed by atoms with Crippen molar-refractivity contribution >= 4 is 28.2 Å². The summed E-state index contributed by atoms with van der Waals surface area (Å²) in [7, 11) is 0. The number of aromatic amines is 1. The SMILES string of the molecule is [C-]#[N+]c1cc2c(=O)[nH]c(=O)n(-c3ccccc3Cl)c2cc1C(C)(F)F. The summed E-state index contributed by atoms with van der Waals surface area (Å²) in [6.07, 6.45) is 0. The van der Waals surface area contributed by atoms with Gasteiger partial charge >= 0.3 is 5.69 Å². The number of alkyl halides is 2. The molecule has 0 unspecified atom stereocenters. The van der Waals surface area contributed by atoms with Gasteiger partial charge in [0.05, 0.1) is 28.2 Å². The predicted molar refractivity (Wildman–Crippen MR) is 91.0 cm³/mol. The molecule has 0 radical (unpaired) electrons. The lowest BCUT2D eigenvalue weighted by Gasteiger charge is -2.16. The Labute approximate surface area is 144 Å². The Balaban J connectivity index is 2.55. The molecule has 0 aliphatic heterocycles. The molecule has 0 bridgehead atoms. The average molecular weight is 362 g/mol. The van der Waals surface area contributed by atoms with Crippen molar-refractivity contribution in [3.63, 3.8) is 0 Å². The molecular formula is C17H10ClF2N3O2. The van der Waals surface area contributed by atoms with Gasteiger partial charge in [0.25, 0.3) is 11.5 Å². The van der Waals surface area contributed by atoms with Crippen LogP contribution in [0.2, 0.25) is 5.02 Å². The van der Waals surface area contributed by atoms with Crippen LogP contribution in [0.4, 0.5) is 14.5 Å². The van der Waals surface area contributed by atoms with Crippen LogP contribution in [0.15, 0.2) is 46.0 Å². The van der Waals surface area contributed by atoms with E-state index >= 15 is 0 Å². The Morgan fingerprint density at radius 2 is 1.92 bits per heavy atom. The summed E-state index contributed by atoms with van der Waals surface area (Å²) in [5.74, 6) is -3.32. The van der Waals surface area contributed by atoms with Crippen molar-refractivity contribution in [2.75, 3.05) is 0 Å². The smallest absolute Gasteiger partial charge is 0.273 e. The van der Waals surface area contributed by atoms with Gasteiger partial charge in [0, 0.05) is 12.5 Å². The Kier molecular flexibility index (Phi) is 3.93. The van der Waals surface area contributed by atoms with Crippen LogP contribution in [0.1, 0.15) is 12.5 Å². The molecular weight excluding hydrogens is 352 g/mol. The summed E-state index contributed by atoms with van der Waals surface area (Å²) < 4.78 is 28.8. The fourth-order valence-corrected chi connectivity index (χ4v) is 2.81. The minimum Gasteiger partial charge on any atom is -0.273 e. The van der Waals surface area contributed by atoms with Crippen molar-refractivity contribution in [3.8, 4) is 5.69 Å². The van der Waals surface area contributed by atoms with E-state index in [4.69, 9.17) is 18.2 Å². The Morgan fingerprint density at radius 1 is 1.24 bits per heavy atom. The first-order valence-corrected chi connectivity index (χ1v) is 7.45. The molecule has 0 aliphatic carbocycles. The number of H-pyrrole nitrogens is 1. The number of fused-ring (bicyclic) bond motifs is 1. The summed E-state index contributed by atoms with van der Waals surface area (Å²) in [6, 6.07) is 8.36. The minimum absolute atomic E-state index is 0.0502. The van der Waals surface area contributed by atoms with Gasteiger partial charge in [-0.25, -0.2) is 18.4 Å². The second kappa shape index (κ2) is 5.83. The number of rotatable bonds is 2. The van der Waals surface area contributed by atoms with Gasteiger partial charge in [-0.1, -0.05) is 23.7 Å². The zero-order valence-corrected chi connectivity index (χ0v) is 13.6. The molecule has 0 amide bonds. The van der Waals surface area contributed by atoms with Crippen LogP contribution < -0.4 is 11.2 Å². The highest BCUT2D eigenvalue weighted by molar-refractivity contribution is 6.32. The van der Waals surface area contributed by atoms with Crippen LogP contribution in [0.3, 0.4) is 0 Å². The molecule has 2 aromatic carbocycles. The topological polar surface area (TPSA) is 59.2 Å². The van der Waals surface area contributed by atoms with E-state index in [0.717, 1.165) is 16.7 Å². The fourth-order valence-electron chi connectivity index (χ4n) is 2.59. The van der Waals surface area contributed by atoms with Crippen molar-refractivity contribution in [3.05, 3.63) is 79.2 Å². The second-order valence-corrected chi connectivity index (χ2v) is 5.84. The quantitative estimate of drug-likeness (QED) is 0.701. The molecule has 0 saturated carbocycles. The summed E-state index contributed by atoms with van der Waals surface area (Å²) in [6.45, 7) is 7.74. The first-order chi connectivity index (χ1) is 11.7. The molecule has 1 N–H and O–H groups in total. The lowest BCUT2D eigenvalue weighted by molar-refractivity contribution is 0.0185. The third kappa shape index (κ3) is 2.81. The van der Waals surface area contributed by atoms with E-state index < -0.39 is 22.7 Å². The number of benzene rings is 2. The molecule has 25 heavy (non-hydrogen) atoms. The molecule has 3 rings (SSSR count). The number of aromatic nitrogens is 2. The van der Waals surface area contributed by atoms with Crippen molar-refractivity contribution in [2.45, 2.75) is 12.8 Å². The van der Waals surface area contributed by atoms with E-state index in [0.29, 0.717) is 6.92 Å². The first-order valence-electron chi connectivity index (χ1n) is 7.08. The highest BCUT2D eigenvalue weighted by Crippen LogP contribution is 2.37. The molecule has 1 aromatic heterocycles. The zero-order chi connectivity index (χ0) is 18.4. The van der Waals surface area contributed by atoms with Crippen LogP contribution in [0.25, 0.3) is 21.4 Å². The van der Waals surface area contributed by atoms with Crippen molar-refractivity contribution in [2.24, 2.45) is 0 Å². The van der Waals surface area contributed by atoms with Crippen molar-refractivity contribution < 1.29 is 8.78 Å². The van der Waals surface area contributed by atoms with Crippen molar-refractivity contribution in [1.29, 1.82) is 0 Å². The summed E-state index contributed by atoms with van der Waals surface area (Å²) in [5, 5.41) is 0.149. The molecule has 0 aliphatic rings. The van der Waals surface area contributed by atoms with E-state index in [-0.39, 0.29) is 27.3 Å². The van der Waals surface area contributed by atoms with Gasteiger partial charge in [-0.3, -0.25) is 14.3 Å². The highest BCUT2D eigenvalue weighted by Gasteiger charge is 2.29. The maximum Gasteiger partial charge on any atom is 0.333 e. The summed E-state index contributed by atoms with van der Waals surface area (Å²) in [4.78, 5) is 29.6. The Morgan fingerprint density at radius 3 is 2.52 bits per heavy atom. The van der Waals surface area contributed by atoms with Crippen LogP contribution in [-0.2, 0) is 5.92 Å². The van der Waals surface area contributed by atoms with E-state index in [1.54, 1.807) is 12.1 Å². The van der Waals surface area contributed by atoms with Crippen LogP contribution in [-0.4, -0.2) is 9.55 Å². The van der Waals surface area contributed by atoms with Gasteiger partial charge in [-0.05, 0) is 24.3 Å². The third-order valence-corrected chi connectivity index (χ3v) is 4.03. The number of hydrogen-bond donors (Lipinski definition) is 1. The number of nitrogens with one attached hydrogen (secondary N) is 1. The van der Waals surface area contributed by atoms with Gasteiger partial charge < -0.3 is 0 Å².